The summed E-state index contributed by atoms with van der Waals surface area (Å²) >= 11 is 6.47. The fraction of sp³-hybridized carbons (Fsp3) is 0.222. The van der Waals surface area contributed by atoms with Gasteiger partial charge in [0.2, 0.25) is 0 Å². The van der Waals surface area contributed by atoms with Crippen LogP contribution in [0.3, 0.4) is 0 Å². The number of esters is 1. The van der Waals surface area contributed by atoms with E-state index in [-0.39, 0.29) is 34.8 Å². The first-order valence-corrected chi connectivity index (χ1v) is 9.14. The minimum absolute atomic E-state index is 0.0712. The predicted molar refractivity (Wildman–Crippen MR) is 100 cm³/mol. The Hall–Kier alpha value is -1.86. The molecule has 132 valence electrons. The molecular formula is C18H16Br2O5. The Morgan fingerprint density at radius 1 is 1.00 bits per heavy atom. The van der Waals surface area contributed by atoms with Crippen LogP contribution in [0, 0.1) is 0 Å². The van der Waals surface area contributed by atoms with Gasteiger partial charge < -0.3 is 14.9 Å². The lowest BCUT2D eigenvalue weighted by Gasteiger charge is -2.12. The Kier molecular flexibility index (Phi) is 6.24. The number of ketones is 1. The van der Waals surface area contributed by atoms with Crippen LogP contribution in [0.15, 0.2) is 33.2 Å². The highest BCUT2D eigenvalue weighted by molar-refractivity contribution is 9.11. The highest BCUT2D eigenvalue weighted by Gasteiger charge is 2.22. The minimum atomic E-state index is -0.705. The monoisotopic (exact) mass is 470 g/mol. The van der Waals surface area contributed by atoms with Crippen molar-refractivity contribution >= 4 is 43.6 Å². The molecule has 0 amide bonds. The number of carbonyl (C=O) groups is 2. The number of rotatable bonds is 5. The van der Waals surface area contributed by atoms with E-state index in [1.165, 1.54) is 18.2 Å². The minimum Gasteiger partial charge on any atom is -0.507 e. The maximum atomic E-state index is 12.8. The zero-order chi connectivity index (χ0) is 18.7. The van der Waals surface area contributed by atoms with Crippen molar-refractivity contribution in [2.24, 2.45) is 0 Å². The molecule has 0 saturated heterocycles. The Morgan fingerprint density at radius 2 is 1.68 bits per heavy atom. The second-order valence-electron chi connectivity index (χ2n) is 5.22. The molecule has 2 aromatic rings. The van der Waals surface area contributed by atoms with E-state index in [2.05, 4.69) is 31.9 Å². The van der Waals surface area contributed by atoms with Crippen LogP contribution >= 0.6 is 31.9 Å². The molecule has 0 spiro atoms. The molecule has 0 aliphatic heterocycles. The number of phenolic OH excluding ortho intramolecular Hbond substituents is 2. The Bertz CT molecular complexity index is 846. The predicted octanol–water partition coefficient (Wildman–Crippen LogP) is 4.59. The fourth-order valence-corrected chi connectivity index (χ4v) is 3.58. The quantitative estimate of drug-likeness (QED) is 0.492. The fourth-order valence-electron chi connectivity index (χ4n) is 2.35. The van der Waals surface area contributed by atoms with Gasteiger partial charge in [0, 0.05) is 10.0 Å². The standard InChI is InChI=1S/C18H16Br2O5/c1-3-9-5-10(6-13(15(9)21)18(24)25-4-2)16(22)12-7-11(19)8-14(20)17(12)23/h5-8,21,23H,3-4H2,1-2H3. The van der Waals surface area contributed by atoms with E-state index >= 15 is 0 Å². The molecular weight excluding hydrogens is 456 g/mol. The van der Waals surface area contributed by atoms with Crippen molar-refractivity contribution in [3.8, 4) is 11.5 Å². The molecule has 0 aromatic heterocycles. The lowest BCUT2D eigenvalue weighted by atomic mass is 9.96. The second-order valence-corrected chi connectivity index (χ2v) is 6.99. The molecule has 7 heteroatoms. The van der Waals surface area contributed by atoms with Crippen LogP contribution in [-0.4, -0.2) is 28.6 Å². The third-order valence-electron chi connectivity index (χ3n) is 3.60. The van der Waals surface area contributed by atoms with Crippen LogP contribution in [0.4, 0.5) is 0 Å². The molecule has 0 unspecified atom stereocenters. The van der Waals surface area contributed by atoms with Gasteiger partial charge in [-0.05, 0) is 59.1 Å². The van der Waals surface area contributed by atoms with Gasteiger partial charge in [-0.15, -0.1) is 0 Å². The van der Waals surface area contributed by atoms with E-state index in [9.17, 15) is 19.8 Å². The smallest absolute Gasteiger partial charge is 0.341 e. The molecule has 0 radical (unpaired) electrons. The summed E-state index contributed by atoms with van der Waals surface area (Å²) in [7, 11) is 0. The molecule has 5 nitrogen and oxygen atoms in total. The first-order chi connectivity index (χ1) is 11.8. The normalized spacial score (nSPS) is 10.6. The zero-order valence-electron chi connectivity index (χ0n) is 13.6. The highest BCUT2D eigenvalue weighted by Crippen LogP contribution is 2.34. The average Bonchev–Trinajstić information content (AvgIpc) is 2.57. The Morgan fingerprint density at radius 3 is 2.28 bits per heavy atom. The van der Waals surface area contributed by atoms with Gasteiger partial charge in [0.15, 0.2) is 5.78 Å². The largest absolute Gasteiger partial charge is 0.507 e. The first-order valence-electron chi connectivity index (χ1n) is 7.55. The van der Waals surface area contributed by atoms with Crippen LogP contribution in [0.25, 0.3) is 0 Å². The maximum absolute atomic E-state index is 12.8. The molecule has 2 rings (SSSR count). The number of ether oxygens (including phenoxy) is 1. The van der Waals surface area contributed by atoms with Crippen molar-refractivity contribution < 1.29 is 24.5 Å². The number of aromatic hydroxyl groups is 2. The summed E-state index contributed by atoms with van der Waals surface area (Å²) in [5, 5.41) is 20.4. The van der Waals surface area contributed by atoms with Crippen LogP contribution in [0.2, 0.25) is 0 Å². The molecule has 0 aliphatic carbocycles. The lowest BCUT2D eigenvalue weighted by Crippen LogP contribution is -2.10. The van der Waals surface area contributed by atoms with Crippen molar-refractivity contribution in [3.05, 3.63) is 55.5 Å². The second kappa shape index (κ2) is 8.01. The van der Waals surface area contributed by atoms with Crippen molar-refractivity contribution in [3.63, 3.8) is 0 Å². The molecule has 2 aromatic carbocycles. The van der Waals surface area contributed by atoms with Crippen molar-refractivity contribution in [2.75, 3.05) is 6.61 Å². The summed E-state index contributed by atoms with van der Waals surface area (Å²) < 4.78 is 5.91. The SMILES string of the molecule is CCOC(=O)c1cc(C(=O)c2cc(Br)cc(Br)c2O)cc(CC)c1O. The van der Waals surface area contributed by atoms with Gasteiger partial charge in [-0.1, -0.05) is 22.9 Å². The van der Waals surface area contributed by atoms with Gasteiger partial charge in [0.05, 0.1) is 16.6 Å². The third-order valence-corrected chi connectivity index (χ3v) is 4.66. The summed E-state index contributed by atoms with van der Waals surface area (Å²) in [5.41, 5.74) is 0.627. The van der Waals surface area contributed by atoms with E-state index < -0.39 is 11.8 Å². The van der Waals surface area contributed by atoms with Crippen LogP contribution in [0.5, 0.6) is 11.5 Å². The number of benzene rings is 2. The van der Waals surface area contributed by atoms with Crippen molar-refractivity contribution in [2.45, 2.75) is 20.3 Å². The number of aryl methyl sites for hydroxylation is 1. The number of hydrogen-bond donors (Lipinski definition) is 2. The molecule has 0 saturated carbocycles. The van der Waals surface area contributed by atoms with Gasteiger partial charge in [0.1, 0.15) is 17.1 Å². The Balaban J connectivity index is 2.61. The summed E-state index contributed by atoms with van der Waals surface area (Å²) in [4.78, 5) is 24.9. The Labute approximate surface area is 161 Å². The molecule has 0 fully saturated rings. The van der Waals surface area contributed by atoms with E-state index in [1.54, 1.807) is 19.9 Å². The van der Waals surface area contributed by atoms with Crippen molar-refractivity contribution in [1.29, 1.82) is 0 Å². The van der Waals surface area contributed by atoms with Crippen LogP contribution in [0.1, 0.15) is 45.7 Å². The molecule has 0 bridgehead atoms. The summed E-state index contributed by atoms with van der Waals surface area (Å²) in [5.74, 6) is -1.57. The zero-order valence-corrected chi connectivity index (χ0v) is 16.8. The average molecular weight is 472 g/mol. The molecule has 25 heavy (non-hydrogen) atoms. The highest BCUT2D eigenvalue weighted by atomic mass is 79.9. The first kappa shape index (κ1) is 19.5. The van der Waals surface area contributed by atoms with E-state index in [4.69, 9.17) is 4.74 Å². The van der Waals surface area contributed by atoms with Gasteiger partial charge in [-0.3, -0.25) is 4.79 Å². The number of halogens is 2. The molecule has 0 aliphatic rings. The van der Waals surface area contributed by atoms with E-state index in [0.717, 1.165) is 0 Å². The summed E-state index contributed by atoms with van der Waals surface area (Å²) in [6, 6.07) is 5.90. The van der Waals surface area contributed by atoms with Gasteiger partial charge >= 0.3 is 5.97 Å². The number of hydrogen-bond acceptors (Lipinski definition) is 5. The van der Waals surface area contributed by atoms with Gasteiger partial charge in [-0.25, -0.2) is 4.79 Å². The third kappa shape index (κ3) is 4.04. The maximum Gasteiger partial charge on any atom is 0.341 e. The van der Waals surface area contributed by atoms with E-state index in [1.807, 2.05) is 0 Å². The summed E-state index contributed by atoms with van der Waals surface area (Å²) in [6.07, 6.45) is 0.424. The topological polar surface area (TPSA) is 83.8 Å². The lowest BCUT2D eigenvalue weighted by molar-refractivity contribution is 0.0523. The molecule has 0 atom stereocenters. The van der Waals surface area contributed by atoms with E-state index in [0.29, 0.717) is 20.9 Å². The van der Waals surface area contributed by atoms with Crippen molar-refractivity contribution in [1.82, 2.24) is 0 Å². The van der Waals surface area contributed by atoms with Crippen LogP contribution < -0.4 is 0 Å². The molecule has 2 N–H and O–H groups in total. The number of carbonyl (C=O) groups excluding carboxylic acids is 2. The van der Waals surface area contributed by atoms with Gasteiger partial charge in [-0.2, -0.15) is 0 Å². The van der Waals surface area contributed by atoms with Gasteiger partial charge in [0.25, 0.3) is 0 Å². The number of phenols is 2. The van der Waals surface area contributed by atoms with Crippen LogP contribution in [-0.2, 0) is 11.2 Å². The summed E-state index contributed by atoms with van der Waals surface area (Å²) in [6.45, 7) is 3.60. The molecule has 0 heterocycles.